The van der Waals surface area contributed by atoms with E-state index in [1.807, 2.05) is 4.90 Å². The first-order valence-corrected chi connectivity index (χ1v) is 5.37. The van der Waals surface area contributed by atoms with E-state index in [-0.39, 0.29) is 0 Å². The third-order valence-electron chi connectivity index (χ3n) is 2.59. The average molecular weight is 183 g/mol. The molecule has 0 aromatic carbocycles. The molecule has 1 saturated heterocycles. The number of hydrogen-bond acceptors (Lipinski definition) is 1. The molecule has 1 fully saturated rings. The van der Waals surface area contributed by atoms with Crippen LogP contribution < -0.4 is 0 Å². The van der Waals surface area contributed by atoms with Crippen LogP contribution in [-0.2, 0) is 4.79 Å². The van der Waals surface area contributed by atoms with Crippen molar-refractivity contribution in [1.82, 2.24) is 4.90 Å². The summed E-state index contributed by atoms with van der Waals surface area (Å²) in [6.45, 7) is 8.57. The van der Waals surface area contributed by atoms with Gasteiger partial charge >= 0.3 is 0 Å². The summed E-state index contributed by atoms with van der Waals surface area (Å²) in [7, 11) is 0. The lowest BCUT2D eigenvalue weighted by Gasteiger charge is -2.37. The second-order valence-electron chi connectivity index (χ2n) is 4.69. The molecule has 0 saturated carbocycles. The fourth-order valence-electron chi connectivity index (χ4n) is 1.72. The summed E-state index contributed by atoms with van der Waals surface area (Å²) in [6, 6.07) is 0. The molecule has 0 aromatic heterocycles. The molecule has 1 amide bonds. The smallest absolute Gasteiger partial charge is 0.222 e. The summed E-state index contributed by atoms with van der Waals surface area (Å²) in [5, 5.41) is 0. The van der Waals surface area contributed by atoms with Crippen molar-refractivity contribution < 1.29 is 4.79 Å². The highest BCUT2D eigenvalue weighted by Crippen LogP contribution is 2.16. The van der Waals surface area contributed by atoms with Crippen molar-refractivity contribution in [2.24, 2.45) is 11.8 Å². The fraction of sp³-hybridized carbons (Fsp3) is 0.909. The minimum absolute atomic E-state index is 0.360. The average Bonchev–Trinajstić information content (AvgIpc) is 1.97. The van der Waals surface area contributed by atoms with Gasteiger partial charge in [-0.1, -0.05) is 27.2 Å². The Bertz CT molecular complexity index is 171. The van der Waals surface area contributed by atoms with Crippen LogP contribution in [0.4, 0.5) is 0 Å². The summed E-state index contributed by atoms with van der Waals surface area (Å²) in [5.41, 5.74) is 0. The predicted octanol–water partition coefficient (Wildman–Crippen LogP) is 2.29. The van der Waals surface area contributed by atoms with Crippen molar-refractivity contribution in [2.75, 3.05) is 13.1 Å². The van der Waals surface area contributed by atoms with Gasteiger partial charge in [0.1, 0.15) is 0 Å². The van der Waals surface area contributed by atoms with Crippen LogP contribution in [0.15, 0.2) is 0 Å². The van der Waals surface area contributed by atoms with Crippen LogP contribution in [0.5, 0.6) is 0 Å². The molecule has 0 radical (unpaired) electrons. The number of likely N-dealkylation sites (tertiary alicyclic amines) is 1. The maximum Gasteiger partial charge on any atom is 0.222 e. The molecule has 2 heteroatoms. The largest absolute Gasteiger partial charge is 0.342 e. The highest BCUT2D eigenvalue weighted by molar-refractivity contribution is 5.76. The second kappa shape index (κ2) is 4.64. The van der Waals surface area contributed by atoms with E-state index < -0.39 is 0 Å². The maximum absolute atomic E-state index is 11.5. The van der Waals surface area contributed by atoms with E-state index in [0.29, 0.717) is 5.91 Å². The number of carbonyl (C=O) groups is 1. The molecule has 1 rings (SSSR count). The Morgan fingerprint density at radius 3 is 2.54 bits per heavy atom. The van der Waals surface area contributed by atoms with Crippen molar-refractivity contribution in [1.29, 1.82) is 0 Å². The van der Waals surface area contributed by atoms with E-state index in [1.54, 1.807) is 0 Å². The van der Waals surface area contributed by atoms with E-state index in [1.165, 1.54) is 6.42 Å². The zero-order chi connectivity index (χ0) is 9.84. The van der Waals surface area contributed by atoms with Crippen molar-refractivity contribution in [2.45, 2.75) is 40.0 Å². The molecule has 1 aliphatic heterocycles. The van der Waals surface area contributed by atoms with Gasteiger partial charge in [-0.3, -0.25) is 4.79 Å². The van der Waals surface area contributed by atoms with Gasteiger partial charge in [0.15, 0.2) is 0 Å². The van der Waals surface area contributed by atoms with Gasteiger partial charge in [0.05, 0.1) is 0 Å². The van der Waals surface area contributed by atoms with Crippen LogP contribution in [0.25, 0.3) is 0 Å². The molecule has 76 valence electrons. The lowest BCUT2D eigenvalue weighted by molar-refractivity contribution is -0.137. The molecule has 0 atom stereocenters. The number of hydrogen-bond donors (Lipinski definition) is 0. The van der Waals surface area contributed by atoms with Gasteiger partial charge in [0.2, 0.25) is 5.91 Å². The molecule has 0 aliphatic carbocycles. The lowest BCUT2D eigenvalue weighted by atomic mass is 10.0. The third kappa shape index (κ3) is 3.37. The molecule has 1 heterocycles. The molecule has 1 aliphatic rings. The summed E-state index contributed by atoms with van der Waals surface area (Å²) in [4.78, 5) is 13.5. The van der Waals surface area contributed by atoms with Crippen LogP contribution in [-0.4, -0.2) is 23.9 Å². The van der Waals surface area contributed by atoms with Crippen LogP contribution >= 0.6 is 0 Å². The Kier molecular flexibility index (Phi) is 3.76. The Hall–Kier alpha value is -0.530. The summed E-state index contributed by atoms with van der Waals surface area (Å²) in [5.74, 6) is 1.82. The number of nitrogens with zero attached hydrogens (tertiary/aromatic N) is 1. The predicted molar refractivity (Wildman–Crippen MR) is 54.4 cm³/mol. The molecule has 2 nitrogen and oxygen atoms in total. The lowest BCUT2D eigenvalue weighted by Crippen LogP contribution is -2.48. The maximum atomic E-state index is 11.5. The molecular formula is C11H21NO. The summed E-state index contributed by atoms with van der Waals surface area (Å²) >= 11 is 0. The van der Waals surface area contributed by atoms with E-state index in [9.17, 15) is 4.79 Å². The summed E-state index contributed by atoms with van der Waals surface area (Å²) < 4.78 is 0. The van der Waals surface area contributed by atoms with Crippen molar-refractivity contribution in [3.05, 3.63) is 0 Å². The van der Waals surface area contributed by atoms with Crippen molar-refractivity contribution >= 4 is 5.91 Å². The number of amides is 1. The highest BCUT2D eigenvalue weighted by atomic mass is 16.2. The highest BCUT2D eigenvalue weighted by Gasteiger charge is 2.26. The Labute approximate surface area is 81.3 Å². The first kappa shape index (κ1) is 10.6. The van der Waals surface area contributed by atoms with E-state index >= 15 is 0 Å². The van der Waals surface area contributed by atoms with Gasteiger partial charge in [-0.2, -0.15) is 0 Å². The Balaban J connectivity index is 2.05. The van der Waals surface area contributed by atoms with Gasteiger partial charge < -0.3 is 4.90 Å². The third-order valence-corrected chi connectivity index (χ3v) is 2.59. The van der Waals surface area contributed by atoms with Crippen LogP contribution in [0.2, 0.25) is 0 Å². The minimum Gasteiger partial charge on any atom is -0.342 e. The quantitative estimate of drug-likeness (QED) is 0.655. The normalized spacial score (nSPS) is 17.7. The van der Waals surface area contributed by atoms with Crippen molar-refractivity contribution in [3.63, 3.8) is 0 Å². The van der Waals surface area contributed by atoms with E-state index in [4.69, 9.17) is 0 Å². The minimum atomic E-state index is 0.360. The van der Waals surface area contributed by atoms with Crippen molar-refractivity contribution in [3.8, 4) is 0 Å². The van der Waals surface area contributed by atoms with Gasteiger partial charge in [0, 0.05) is 19.5 Å². The monoisotopic (exact) mass is 183 g/mol. The molecule has 0 aromatic rings. The molecule has 0 spiro atoms. The second-order valence-corrected chi connectivity index (χ2v) is 4.69. The number of rotatable bonds is 4. The summed E-state index contributed by atoms with van der Waals surface area (Å²) in [6.07, 6.45) is 2.99. The first-order valence-electron chi connectivity index (χ1n) is 5.37. The van der Waals surface area contributed by atoms with Gasteiger partial charge in [0.25, 0.3) is 0 Å². The zero-order valence-corrected chi connectivity index (χ0v) is 9.05. The molecule has 0 bridgehead atoms. The van der Waals surface area contributed by atoms with E-state index in [2.05, 4.69) is 20.8 Å². The van der Waals surface area contributed by atoms with Gasteiger partial charge in [-0.15, -0.1) is 0 Å². The fourth-order valence-corrected chi connectivity index (χ4v) is 1.72. The van der Waals surface area contributed by atoms with Crippen LogP contribution in [0.1, 0.15) is 40.0 Å². The molecule has 13 heavy (non-hydrogen) atoms. The Morgan fingerprint density at radius 1 is 1.46 bits per heavy atom. The van der Waals surface area contributed by atoms with Gasteiger partial charge in [-0.05, 0) is 18.3 Å². The van der Waals surface area contributed by atoms with Crippen LogP contribution in [0.3, 0.4) is 0 Å². The standard InChI is InChI=1S/C11H21NO/c1-9(2)5-4-6-11(13)12-7-10(3)8-12/h9-10H,4-8H2,1-3H3. The number of carbonyl (C=O) groups excluding carboxylic acids is 1. The molecule has 0 unspecified atom stereocenters. The Morgan fingerprint density at radius 2 is 2.08 bits per heavy atom. The van der Waals surface area contributed by atoms with Gasteiger partial charge in [-0.25, -0.2) is 0 Å². The zero-order valence-electron chi connectivity index (χ0n) is 9.05. The molecule has 0 N–H and O–H groups in total. The topological polar surface area (TPSA) is 20.3 Å². The van der Waals surface area contributed by atoms with Crippen LogP contribution in [0, 0.1) is 11.8 Å². The molecular weight excluding hydrogens is 162 g/mol. The SMILES string of the molecule is CC(C)CCCC(=O)N1CC(C)C1. The van der Waals surface area contributed by atoms with E-state index in [0.717, 1.165) is 37.8 Å². The first-order chi connectivity index (χ1) is 6.09.